The zero-order chi connectivity index (χ0) is 19.1. The average Bonchev–Trinajstić information content (AvgIpc) is 2.90. The summed E-state index contributed by atoms with van der Waals surface area (Å²) in [7, 11) is 0. The van der Waals surface area contributed by atoms with Crippen LogP contribution in [-0.4, -0.2) is 58.4 Å². The first-order valence-electron chi connectivity index (χ1n) is 9.99. The number of nitrogens with zero attached hydrogens (tertiary/aromatic N) is 4. The number of rotatable bonds is 6. The lowest BCUT2D eigenvalue weighted by Crippen LogP contribution is -2.36. The maximum atomic E-state index is 12.8. The second kappa shape index (κ2) is 9.60. The molecule has 0 atom stereocenters. The van der Waals surface area contributed by atoms with Gasteiger partial charge < -0.3 is 9.80 Å². The van der Waals surface area contributed by atoms with Crippen molar-refractivity contribution >= 4 is 5.91 Å². The van der Waals surface area contributed by atoms with Gasteiger partial charge in [0.2, 0.25) is 0 Å². The Labute approximate surface area is 162 Å². The number of carbonyl (C=O) groups is 1. The molecule has 0 saturated carbocycles. The van der Waals surface area contributed by atoms with Crippen LogP contribution in [0, 0.1) is 13.8 Å². The van der Waals surface area contributed by atoms with E-state index >= 15 is 0 Å². The molecule has 0 radical (unpaired) electrons. The summed E-state index contributed by atoms with van der Waals surface area (Å²) in [5, 5.41) is 0. The number of carbonyl (C=O) groups excluding carboxylic acids is 1. The van der Waals surface area contributed by atoms with Crippen LogP contribution in [0.25, 0.3) is 0 Å². The summed E-state index contributed by atoms with van der Waals surface area (Å²) in [4.78, 5) is 25.8. The summed E-state index contributed by atoms with van der Waals surface area (Å²) in [5.41, 5.74) is 2.79. The van der Waals surface area contributed by atoms with Gasteiger partial charge in [-0.15, -0.1) is 0 Å². The molecule has 27 heavy (non-hydrogen) atoms. The topological polar surface area (TPSA) is 49.3 Å². The van der Waals surface area contributed by atoms with Gasteiger partial charge in [0.25, 0.3) is 5.91 Å². The van der Waals surface area contributed by atoms with E-state index in [-0.39, 0.29) is 5.91 Å². The van der Waals surface area contributed by atoms with Crippen molar-refractivity contribution in [1.82, 2.24) is 19.8 Å². The van der Waals surface area contributed by atoms with Gasteiger partial charge in [0.1, 0.15) is 11.5 Å². The Hall–Kier alpha value is -2.27. The molecule has 1 saturated heterocycles. The fraction of sp³-hybridized carbons (Fsp3) is 0.500. The highest BCUT2D eigenvalue weighted by molar-refractivity contribution is 5.92. The third kappa shape index (κ3) is 5.86. The van der Waals surface area contributed by atoms with E-state index in [4.69, 9.17) is 0 Å². The van der Waals surface area contributed by atoms with Gasteiger partial charge in [-0.1, -0.05) is 30.3 Å². The predicted octanol–water partition coefficient (Wildman–Crippen LogP) is 3.26. The van der Waals surface area contributed by atoms with Crippen molar-refractivity contribution in [3.05, 3.63) is 59.2 Å². The van der Waals surface area contributed by atoms with Crippen LogP contribution in [0.3, 0.4) is 0 Å². The predicted molar refractivity (Wildman–Crippen MR) is 108 cm³/mol. The average molecular weight is 367 g/mol. The number of unbranched alkanes of at least 4 members (excludes halogenated alkanes) is 1. The van der Waals surface area contributed by atoms with Crippen LogP contribution in [0.4, 0.5) is 0 Å². The standard InChI is InChI=1S/C22H30N4O/c1-18-17-21(24-19(2)23-18)22(27)26-14-8-13-25(15-16-26)12-7-6-11-20-9-4-3-5-10-20/h3-5,9-10,17H,6-8,11-16H2,1-2H3. The van der Waals surface area contributed by atoms with Crippen molar-refractivity contribution in [2.75, 3.05) is 32.7 Å². The van der Waals surface area contributed by atoms with Crippen LogP contribution in [0.15, 0.2) is 36.4 Å². The molecule has 5 heteroatoms. The number of aryl methyl sites for hydroxylation is 3. The highest BCUT2D eigenvalue weighted by atomic mass is 16.2. The van der Waals surface area contributed by atoms with Crippen LogP contribution in [0.2, 0.25) is 0 Å². The smallest absolute Gasteiger partial charge is 0.272 e. The van der Waals surface area contributed by atoms with Crippen molar-refractivity contribution in [3.63, 3.8) is 0 Å². The number of hydrogen-bond donors (Lipinski definition) is 0. The van der Waals surface area contributed by atoms with E-state index in [1.165, 1.54) is 18.4 Å². The lowest BCUT2D eigenvalue weighted by molar-refractivity contribution is 0.0755. The highest BCUT2D eigenvalue weighted by Crippen LogP contribution is 2.11. The maximum Gasteiger partial charge on any atom is 0.272 e. The van der Waals surface area contributed by atoms with Crippen LogP contribution in [0.5, 0.6) is 0 Å². The monoisotopic (exact) mass is 366 g/mol. The first-order chi connectivity index (χ1) is 13.1. The Morgan fingerprint density at radius 2 is 1.81 bits per heavy atom. The molecule has 0 N–H and O–H groups in total. The summed E-state index contributed by atoms with van der Waals surface area (Å²) in [6, 6.07) is 12.5. The Morgan fingerprint density at radius 3 is 2.59 bits per heavy atom. The fourth-order valence-corrected chi connectivity index (χ4v) is 3.70. The van der Waals surface area contributed by atoms with Gasteiger partial charge in [0.05, 0.1) is 0 Å². The zero-order valence-corrected chi connectivity index (χ0v) is 16.5. The summed E-state index contributed by atoms with van der Waals surface area (Å²) in [5.74, 6) is 0.697. The normalized spacial score (nSPS) is 15.6. The third-order valence-corrected chi connectivity index (χ3v) is 5.09. The maximum absolute atomic E-state index is 12.8. The third-order valence-electron chi connectivity index (χ3n) is 5.09. The number of hydrogen-bond acceptors (Lipinski definition) is 4. The molecule has 0 spiro atoms. The summed E-state index contributed by atoms with van der Waals surface area (Å²) in [6.07, 6.45) is 4.58. The molecule has 1 amide bonds. The van der Waals surface area contributed by atoms with Crippen molar-refractivity contribution in [1.29, 1.82) is 0 Å². The van der Waals surface area contributed by atoms with Gasteiger partial charge in [0, 0.05) is 25.3 Å². The quantitative estimate of drug-likeness (QED) is 0.736. The molecule has 0 aliphatic carbocycles. The van der Waals surface area contributed by atoms with E-state index in [2.05, 4.69) is 45.2 Å². The van der Waals surface area contributed by atoms with Crippen molar-refractivity contribution in [2.45, 2.75) is 39.5 Å². The van der Waals surface area contributed by atoms with Gasteiger partial charge in [-0.2, -0.15) is 0 Å². The van der Waals surface area contributed by atoms with E-state index in [0.29, 0.717) is 11.5 Å². The molecule has 1 aromatic heterocycles. The largest absolute Gasteiger partial charge is 0.336 e. The van der Waals surface area contributed by atoms with Crippen molar-refractivity contribution in [2.24, 2.45) is 0 Å². The lowest BCUT2D eigenvalue weighted by Gasteiger charge is -2.22. The molecule has 1 aliphatic heterocycles. The molecular weight excluding hydrogens is 336 g/mol. The van der Waals surface area contributed by atoms with Gasteiger partial charge in [-0.3, -0.25) is 4.79 Å². The summed E-state index contributed by atoms with van der Waals surface area (Å²) in [6.45, 7) is 8.45. The first kappa shape index (κ1) is 19.5. The second-order valence-corrected chi connectivity index (χ2v) is 7.37. The van der Waals surface area contributed by atoms with Crippen molar-refractivity contribution < 1.29 is 4.79 Å². The van der Waals surface area contributed by atoms with Crippen LogP contribution < -0.4 is 0 Å². The molecule has 144 valence electrons. The Balaban J connectivity index is 1.45. The molecule has 5 nitrogen and oxygen atoms in total. The van der Waals surface area contributed by atoms with E-state index in [1.807, 2.05) is 18.7 Å². The molecule has 1 aliphatic rings. The Morgan fingerprint density at radius 1 is 1.00 bits per heavy atom. The minimum Gasteiger partial charge on any atom is -0.336 e. The number of aromatic nitrogens is 2. The minimum atomic E-state index is 0.0366. The van der Waals surface area contributed by atoms with Crippen LogP contribution in [0.1, 0.15) is 46.8 Å². The van der Waals surface area contributed by atoms with E-state index in [1.54, 1.807) is 6.07 Å². The first-order valence-corrected chi connectivity index (χ1v) is 9.99. The molecule has 1 fully saturated rings. The van der Waals surface area contributed by atoms with Crippen LogP contribution in [-0.2, 0) is 6.42 Å². The van der Waals surface area contributed by atoms with E-state index in [9.17, 15) is 4.79 Å². The number of amides is 1. The van der Waals surface area contributed by atoms with Crippen molar-refractivity contribution in [3.8, 4) is 0 Å². The molecule has 2 aromatic rings. The van der Waals surface area contributed by atoms with E-state index in [0.717, 1.165) is 51.3 Å². The number of benzene rings is 1. The molecule has 1 aromatic carbocycles. The molecule has 3 rings (SSSR count). The van der Waals surface area contributed by atoms with Gasteiger partial charge in [-0.05, 0) is 64.3 Å². The van der Waals surface area contributed by atoms with E-state index < -0.39 is 0 Å². The Kier molecular flexibility index (Phi) is 6.93. The van der Waals surface area contributed by atoms with Gasteiger partial charge in [-0.25, -0.2) is 9.97 Å². The second-order valence-electron chi connectivity index (χ2n) is 7.37. The van der Waals surface area contributed by atoms with Gasteiger partial charge >= 0.3 is 0 Å². The molecule has 2 heterocycles. The summed E-state index contributed by atoms with van der Waals surface area (Å²) < 4.78 is 0. The Bertz CT molecular complexity index is 727. The minimum absolute atomic E-state index is 0.0366. The fourth-order valence-electron chi connectivity index (χ4n) is 3.70. The molecule has 0 unspecified atom stereocenters. The summed E-state index contributed by atoms with van der Waals surface area (Å²) >= 11 is 0. The van der Waals surface area contributed by atoms with Gasteiger partial charge in [0.15, 0.2) is 0 Å². The molecule has 0 bridgehead atoms. The lowest BCUT2D eigenvalue weighted by atomic mass is 10.1. The highest BCUT2D eigenvalue weighted by Gasteiger charge is 2.21. The van der Waals surface area contributed by atoms with Crippen LogP contribution >= 0.6 is 0 Å². The SMILES string of the molecule is Cc1cc(C(=O)N2CCCN(CCCCc3ccccc3)CC2)nc(C)n1. The zero-order valence-electron chi connectivity index (χ0n) is 16.5. The molecular formula is C22H30N4O.